The number of rotatable bonds is 6. The lowest BCUT2D eigenvalue weighted by Gasteiger charge is -2.34. The van der Waals surface area contributed by atoms with Crippen LogP contribution in [0.4, 0.5) is 5.00 Å². The first-order valence-corrected chi connectivity index (χ1v) is 10.3. The highest BCUT2D eigenvalue weighted by atomic mass is 32.1. The molecule has 1 amide bonds. The number of amides is 1. The van der Waals surface area contributed by atoms with Crippen LogP contribution in [0, 0.1) is 0 Å². The SMILES string of the molecule is COC(=O)c1c(-c2ccc(OC)cc2)csc1NC(=O)CN1C[C@@H](C)O[C@H](C)C1. The zero-order chi connectivity index (χ0) is 21.0. The zero-order valence-corrected chi connectivity index (χ0v) is 17.9. The Kier molecular flexibility index (Phi) is 6.89. The van der Waals surface area contributed by atoms with Crippen molar-refractivity contribution in [1.82, 2.24) is 4.90 Å². The van der Waals surface area contributed by atoms with E-state index in [9.17, 15) is 9.59 Å². The number of methoxy groups -OCH3 is 2. The Morgan fingerprint density at radius 3 is 2.41 bits per heavy atom. The van der Waals surface area contributed by atoms with Gasteiger partial charge < -0.3 is 19.5 Å². The van der Waals surface area contributed by atoms with E-state index < -0.39 is 5.97 Å². The van der Waals surface area contributed by atoms with Gasteiger partial charge in [0, 0.05) is 24.0 Å². The number of thiophene rings is 1. The van der Waals surface area contributed by atoms with Crippen LogP contribution in [0.25, 0.3) is 11.1 Å². The second-order valence-electron chi connectivity index (χ2n) is 7.07. The molecule has 1 saturated heterocycles. The molecule has 1 aliphatic rings. The zero-order valence-electron chi connectivity index (χ0n) is 17.1. The van der Waals surface area contributed by atoms with E-state index in [0.717, 1.165) is 11.3 Å². The van der Waals surface area contributed by atoms with Gasteiger partial charge in [-0.25, -0.2) is 4.79 Å². The van der Waals surface area contributed by atoms with Gasteiger partial charge >= 0.3 is 5.97 Å². The maximum absolute atomic E-state index is 12.6. The summed E-state index contributed by atoms with van der Waals surface area (Å²) in [6, 6.07) is 7.39. The van der Waals surface area contributed by atoms with Crippen molar-refractivity contribution < 1.29 is 23.8 Å². The molecule has 8 heteroatoms. The van der Waals surface area contributed by atoms with Crippen LogP contribution in [0.3, 0.4) is 0 Å². The number of carbonyl (C=O) groups excluding carboxylic acids is 2. The van der Waals surface area contributed by atoms with E-state index in [2.05, 4.69) is 10.2 Å². The minimum atomic E-state index is -0.485. The monoisotopic (exact) mass is 418 g/mol. The number of carbonyl (C=O) groups is 2. The minimum Gasteiger partial charge on any atom is -0.497 e. The Balaban J connectivity index is 1.79. The van der Waals surface area contributed by atoms with Crippen LogP contribution < -0.4 is 10.1 Å². The lowest BCUT2D eigenvalue weighted by atomic mass is 10.0. The molecule has 29 heavy (non-hydrogen) atoms. The Bertz CT molecular complexity index is 854. The highest BCUT2D eigenvalue weighted by molar-refractivity contribution is 7.15. The van der Waals surface area contributed by atoms with Crippen LogP contribution in [0.15, 0.2) is 29.6 Å². The van der Waals surface area contributed by atoms with E-state index in [0.29, 0.717) is 29.2 Å². The summed E-state index contributed by atoms with van der Waals surface area (Å²) in [5.74, 6) is 0.0756. The van der Waals surface area contributed by atoms with Gasteiger partial charge in [-0.2, -0.15) is 0 Å². The molecular formula is C21H26N2O5S. The number of nitrogens with zero attached hydrogens (tertiary/aromatic N) is 1. The number of morpholine rings is 1. The summed E-state index contributed by atoms with van der Waals surface area (Å²) in [5.41, 5.74) is 1.92. The lowest BCUT2D eigenvalue weighted by Crippen LogP contribution is -2.48. The van der Waals surface area contributed by atoms with Crippen molar-refractivity contribution >= 4 is 28.2 Å². The molecular weight excluding hydrogens is 392 g/mol. The van der Waals surface area contributed by atoms with Gasteiger partial charge in [0.05, 0.1) is 33.0 Å². The predicted octanol–water partition coefficient (Wildman–Crippen LogP) is 3.26. The molecule has 2 heterocycles. The molecule has 2 atom stereocenters. The summed E-state index contributed by atoms with van der Waals surface area (Å²) in [5, 5.41) is 5.22. The molecule has 1 aromatic heterocycles. The Labute approximate surface area is 174 Å². The maximum atomic E-state index is 12.6. The minimum absolute atomic E-state index is 0.0839. The number of esters is 1. The van der Waals surface area contributed by atoms with Gasteiger partial charge in [0.15, 0.2) is 0 Å². The molecule has 0 bridgehead atoms. The van der Waals surface area contributed by atoms with Gasteiger partial charge in [0.1, 0.15) is 16.3 Å². The Morgan fingerprint density at radius 1 is 1.17 bits per heavy atom. The number of benzene rings is 1. The lowest BCUT2D eigenvalue weighted by molar-refractivity contribution is -0.121. The van der Waals surface area contributed by atoms with E-state index in [-0.39, 0.29) is 24.7 Å². The van der Waals surface area contributed by atoms with Crippen molar-refractivity contribution in [3.8, 4) is 16.9 Å². The van der Waals surface area contributed by atoms with Gasteiger partial charge in [0.25, 0.3) is 0 Å². The highest BCUT2D eigenvalue weighted by Crippen LogP contribution is 2.36. The van der Waals surface area contributed by atoms with Gasteiger partial charge in [-0.3, -0.25) is 9.69 Å². The van der Waals surface area contributed by atoms with Crippen LogP contribution in [-0.4, -0.2) is 62.8 Å². The van der Waals surface area contributed by atoms with Crippen molar-refractivity contribution in [1.29, 1.82) is 0 Å². The third kappa shape index (κ3) is 5.14. The molecule has 3 rings (SSSR count). The molecule has 0 aliphatic carbocycles. The van der Waals surface area contributed by atoms with E-state index in [1.54, 1.807) is 7.11 Å². The molecule has 7 nitrogen and oxygen atoms in total. The predicted molar refractivity (Wildman–Crippen MR) is 113 cm³/mol. The Morgan fingerprint density at radius 2 is 1.83 bits per heavy atom. The van der Waals surface area contributed by atoms with Crippen molar-refractivity contribution in [3.63, 3.8) is 0 Å². The molecule has 1 fully saturated rings. The summed E-state index contributed by atoms with van der Waals surface area (Å²) in [6.45, 7) is 5.63. The van der Waals surface area contributed by atoms with Gasteiger partial charge in [-0.1, -0.05) is 12.1 Å². The van der Waals surface area contributed by atoms with E-state index in [1.807, 2.05) is 43.5 Å². The van der Waals surface area contributed by atoms with Crippen molar-refractivity contribution in [3.05, 3.63) is 35.2 Å². The summed E-state index contributed by atoms with van der Waals surface area (Å²) < 4.78 is 15.9. The van der Waals surface area contributed by atoms with Crippen LogP contribution in [0.5, 0.6) is 5.75 Å². The fourth-order valence-corrected chi connectivity index (χ4v) is 4.49. The fourth-order valence-electron chi connectivity index (χ4n) is 3.52. The maximum Gasteiger partial charge on any atom is 0.341 e. The molecule has 1 aliphatic heterocycles. The third-order valence-corrected chi connectivity index (χ3v) is 5.59. The average molecular weight is 419 g/mol. The quantitative estimate of drug-likeness (QED) is 0.726. The first kappa shape index (κ1) is 21.3. The largest absolute Gasteiger partial charge is 0.497 e. The normalized spacial score (nSPS) is 19.6. The molecule has 2 aromatic rings. The first-order chi connectivity index (χ1) is 13.9. The van der Waals surface area contributed by atoms with Crippen molar-refractivity contribution in [2.75, 3.05) is 39.2 Å². The number of ether oxygens (including phenoxy) is 3. The average Bonchev–Trinajstić information content (AvgIpc) is 3.09. The van der Waals surface area contributed by atoms with Gasteiger partial charge in [0.2, 0.25) is 5.91 Å². The number of nitrogens with one attached hydrogen (secondary N) is 1. The first-order valence-electron chi connectivity index (χ1n) is 9.43. The molecule has 0 unspecified atom stereocenters. The second-order valence-corrected chi connectivity index (χ2v) is 7.95. The molecule has 156 valence electrons. The van der Waals surface area contributed by atoms with Crippen LogP contribution in [0.2, 0.25) is 0 Å². The topological polar surface area (TPSA) is 77.1 Å². The summed E-state index contributed by atoms with van der Waals surface area (Å²) in [7, 11) is 2.93. The fraction of sp³-hybridized carbons (Fsp3) is 0.429. The number of hydrogen-bond acceptors (Lipinski definition) is 7. The number of hydrogen-bond donors (Lipinski definition) is 1. The molecule has 0 radical (unpaired) electrons. The highest BCUT2D eigenvalue weighted by Gasteiger charge is 2.26. The molecule has 1 N–H and O–H groups in total. The molecule has 0 saturated carbocycles. The second kappa shape index (κ2) is 9.39. The molecule has 1 aromatic carbocycles. The smallest absolute Gasteiger partial charge is 0.341 e. The molecule has 0 spiro atoms. The van der Waals surface area contributed by atoms with Crippen LogP contribution in [-0.2, 0) is 14.3 Å². The standard InChI is InChI=1S/C21H26N2O5S/c1-13-9-23(10-14(2)28-13)11-18(24)22-20-19(21(25)27-4)17(12-29-20)15-5-7-16(26-3)8-6-15/h5-8,12-14H,9-11H2,1-4H3,(H,22,24)/t13-,14-/m1/s1. The summed E-state index contributed by atoms with van der Waals surface area (Å²) in [6.07, 6.45) is 0.168. The summed E-state index contributed by atoms with van der Waals surface area (Å²) in [4.78, 5) is 27.1. The van der Waals surface area contributed by atoms with Crippen LogP contribution >= 0.6 is 11.3 Å². The van der Waals surface area contributed by atoms with E-state index in [1.165, 1.54) is 18.4 Å². The van der Waals surface area contributed by atoms with Gasteiger partial charge in [-0.15, -0.1) is 11.3 Å². The summed E-state index contributed by atoms with van der Waals surface area (Å²) >= 11 is 1.31. The third-order valence-electron chi connectivity index (χ3n) is 4.70. The van der Waals surface area contributed by atoms with E-state index >= 15 is 0 Å². The number of anilines is 1. The van der Waals surface area contributed by atoms with Gasteiger partial charge in [-0.05, 0) is 31.5 Å². The van der Waals surface area contributed by atoms with Crippen molar-refractivity contribution in [2.24, 2.45) is 0 Å². The van der Waals surface area contributed by atoms with E-state index in [4.69, 9.17) is 14.2 Å². The van der Waals surface area contributed by atoms with Crippen LogP contribution in [0.1, 0.15) is 24.2 Å². The Hall–Kier alpha value is -2.42. The van der Waals surface area contributed by atoms with Crippen molar-refractivity contribution in [2.45, 2.75) is 26.1 Å².